The van der Waals surface area contributed by atoms with E-state index >= 15 is 0 Å². The predicted molar refractivity (Wildman–Crippen MR) is 73.4 cm³/mol. The standard InChI is InChI=1S/C15H17N3/c16-13-10-14(12-6-2-1-3-7-12)18(11-13)15-8-4-5-9-17-15/h1-9,13-14H,10-11,16H2/t13-,14+/m0/s1. The summed E-state index contributed by atoms with van der Waals surface area (Å²) in [6.45, 7) is 0.872. The number of benzene rings is 1. The van der Waals surface area contributed by atoms with Gasteiger partial charge in [-0.3, -0.25) is 0 Å². The maximum atomic E-state index is 6.12. The van der Waals surface area contributed by atoms with Crippen molar-refractivity contribution < 1.29 is 0 Å². The summed E-state index contributed by atoms with van der Waals surface area (Å²) in [6, 6.07) is 17.1. The van der Waals surface area contributed by atoms with Crippen LogP contribution < -0.4 is 10.6 Å². The van der Waals surface area contributed by atoms with Crippen LogP contribution in [0.4, 0.5) is 5.82 Å². The number of nitrogens with two attached hydrogens (primary N) is 1. The molecule has 2 heterocycles. The maximum Gasteiger partial charge on any atom is 0.129 e. The van der Waals surface area contributed by atoms with E-state index in [0.29, 0.717) is 6.04 Å². The highest BCUT2D eigenvalue weighted by Crippen LogP contribution is 2.34. The van der Waals surface area contributed by atoms with Crippen LogP contribution in [0.5, 0.6) is 0 Å². The summed E-state index contributed by atoms with van der Waals surface area (Å²) in [7, 11) is 0. The smallest absolute Gasteiger partial charge is 0.129 e. The Labute approximate surface area is 107 Å². The highest BCUT2D eigenvalue weighted by Gasteiger charge is 2.31. The lowest BCUT2D eigenvalue weighted by molar-refractivity contribution is 0.677. The minimum absolute atomic E-state index is 0.220. The summed E-state index contributed by atoms with van der Waals surface area (Å²) in [4.78, 5) is 6.75. The number of rotatable bonds is 2. The molecule has 0 saturated carbocycles. The van der Waals surface area contributed by atoms with Gasteiger partial charge in [0.2, 0.25) is 0 Å². The number of hydrogen-bond acceptors (Lipinski definition) is 3. The summed E-state index contributed by atoms with van der Waals surface area (Å²) >= 11 is 0. The lowest BCUT2D eigenvalue weighted by atomic mass is 10.0. The van der Waals surface area contributed by atoms with Gasteiger partial charge >= 0.3 is 0 Å². The van der Waals surface area contributed by atoms with Gasteiger partial charge in [-0.25, -0.2) is 4.98 Å². The molecule has 92 valence electrons. The zero-order valence-electron chi connectivity index (χ0n) is 10.2. The van der Waals surface area contributed by atoms with Crippen LogP contribution in [0, 0.1) is 0 Å². The van der Waals surface area contributed by atoms with Crippen molar-refractivity contribution in [1.82, 2.24) is 4.98 Å². The maximum absolute atomic E-state index is 6.12. The zero-order valence-corrected chi connectivity index (χ0v) is 10.2. The Morgan fingerprint density at radius 1 is 1.06 bits per heavy atom. The molecule has 0 spiro atoms. The average Bonchev–Trinajstić information content (AvgIpc) is 2.83. The summed E-state index contributed by atoms with van der Waals surface area (Å²) < 4.78 is 0. The molecule has 3 rings (SSSR count). The van der Waals surface area contributed by atoms with Crippen molar-refractivity contribution in [3.8, 4) is 0 Å². The van der Waals surface area contributed by atoms with Crippen molar-refractivity contribution in [2.75, 3.05) is 11.4 Å². The summed E-state index contributed by atoms with van der Waals surface area (Å²) in [5.41, 5.74) is 7.44. The average molecular weight is 239 g/mol. The van der Waals surface area contributed by atoms with Gasteiger partial charge in [0.05, 0.1) is 6.04 Å². The molecule has 0 radical (unpaired) electrons. The third kappa shape index (κ3) is 2.09. The molecular formula is C15H17N3. The van der Waals surface area contributed by atoms with Crippen molar-refractivity contribution in [2.45, 2.75) is 18.5 Å². The van der Waals surface area contributed by atoms with Crippen LogP contribution in [0.1, 0.15) is 18.0 Å². The number of nitrogens with zero attached hydrogens (tertiary/aromatic N) is 2. The molecule has 1 aliphatic rings. The highest BCUT2D eigenvalue weighted by atomic mass is 15.2. The van der Waals surface area contributed by atoms with E-state index in [-0.39, 0.29) is 6.04 Å². The normalized spacial score (nSPS) is 23.3. The van der Waals surface area contributed by atoms with Crippen LogP contribution in [0.25, 0.3) is 0 Å². The summed E-state index contributed by atoms with van der Waals surface area (Å²) in [6.07, 6.45) is 2.82. The monoisotopic (exact) mass is 239 g/mol. The molecule has 1 aromatic carbocycles. The molecule has 1 aliphatic heterocycles. The first-order chi connectivity index (χ1) is 8.84. The molecule has 1 aromatic heterocycles. The van der Waals surface area contributed by atoms with Gasteiger partial charge < -0.3 is 10.6 Å². The number of pyridine rings is 1. The molecule has 1 fully saturated rings. The van der Waals surface area contributed by atoms with Gasteiger partial charge in [0.15, 0.2) is 0 Å². The van der Waals surface area contributed by atoms with E-state index in [1.807, 2.05) is 30.5 Å². The largest absolute Gasteiger partial charge is 0.348 e. The predicted octanol–water partition coefficient (Wildman–Crippen LogP) is 2.36. The van der Waals surface area contributed by atoms with Gasteiger partial charge in [0.25, 0.3) is 0 Å². The van der Waals surface area contributed by atoms with Crippen molar-refractivity contribution in [2.24, 2.45) is 5.73 Å². The molecule has 0 amide bonds. The van der Waals surface area contributed by atoms with E-state index < -0.39 is 0 Å². The Balaban J connectivity index is 1.93. The SMILES string of the molecule is N[C@H]1C[C@H](c2ccccc2)N(c2ccccn2)C1. The van der Waals surface area contributed by atoms with Crippen LogP contribution in [0.2, 0.25) is 0 Å². The van der Waals surface area contributed by atoms with E-state index in [4.69, 9.17) is 5.73 Å². The second kappa shape index (κ2) is 4.78. The Kier molecular flexibility index (Phi) is 2.99. The van der Waals surface area contributed by atoms with E-state index in [2.05, 4.69) is 34.1 Å². The van der Waals surface area contributed by atoms with Crippen molar-refractivity contribution in [3.63, 3.8) is 0 Å². The first kappa shape index (κ1) is 11.2. The van der Waals surface area contributed by atoms with E-state index in [1.54, 1.807) is 0 Å². The van der Waals surface area contributed by atoms with Crippen LogP contribution in [0.3, 0.4) is 0 Å². The van der Waals surface area contributed by atoms with E-state index in [1.165, 1.54) is 5.56 Å². The first-order valence-electron chi connectivity index (χ1n) is 6.33. The van der Waals surface area contributed by atoms with Gasteiger partial charge in [-0.05, 0) is 24.1 Å². The van der Waals surface area contributed by atoms with Gasteiger partial charge in [0.1, 0.15) is 5.82 Å². The Morgan fingerprint density at radius 3 is 2.56 bits per heavy atom. The molecular weight excluding hydrogens is 222 g/mol. The lowest BCUT2D eigenvalue weighted by Gasteiger charge is -2.25. The van der Waals surface area contributed by atoms with E-state index in [0.717, 1.165) is 18.8 Å². The topological polar surface area (TPSA) is 42.1 Å². The molecule has 3 heteroatoms. The number of hydrogen-bond donors (Lipinski definition) is 1. The second-order valence-corrected chi connectivity index (χ2v) is 4.76. The van der Waals surface area contributed by atoms with Crippen molar-refractivity contribution in [1.29, 1.82) is 0 Å². The van der Waals surface area contributed by atoms with Gasteiger partial charge in [-0.2, -0.15) is 0 Å². The fourth-order valence-corrected chi connectivity index (χ4v) is 2.64. The highest BCUT2D eigenvalue weighted by molar-refractivity contribution is 5.44. The summed E-state index contributed by atoms with van der Waals surface area (Å²) in [5.74, 6) is 1.01. The minimum atomic E-state index is 0.220. The lowest BCUT2D eigenvalue weighted by Crippen LogP contribution is -2.27. The second-order valence-electron chi connectivity index (χ2n) is 4.76. The van der Waals surface area contributed by atoms with Crippen LogP contribution in [0.15, 0.2) is 54.7 Å². The molecule has 2 atom stereocenters. The van der Waals surface area contributed by atoms with Crippen molar-refractivity contribution >= 4 is 5.82 Å². The van der Waals surface area contributed by atoms with Crippen LogP contribution in [-0.2, 0) is 0 Å². The quantitative estimate of drug-likeness (QED) is 0.874. The molecule has 3 nitrogen and oxygen atoms in total. The third-order valence-corrected chi connectivity index (χ3v) is 3.46. The molecule has 18 heavy (non-hydrogen) atoms. The number of anilines is 1. The Bertz CT molecular complexity index is 450. The molecule has 2 aromatic rings. The molecule has 1 saturated heterocycles. The first-order valence-corrected chi connectivity index (χ1v) is 6.33. The van der Waals surface area contributed by atoms with Crippen LogP contribution in [-0.4, -0.2) is 17.6 Å². The summed E-state index contributed by atoms with van der Waals surface area (Å²) in [5, 5.41) is 0. The molecule has 0 bridgehead atoms. The van der Waals surface area contributed by atoms with Crippen molar-refractivity contribution in [3.05, 3.63) is 60.3 Å². The van der Waals surface area contributed by atoms with Gasteiger partial charge in [0, 0.05) is 18.8 Å². The number of aromatic nitrogens is 1. The van der Waals surface area contributed by atoms with E-state index in [9.17, 15) is 0 Å². The third-order valence-electron chi connectivity index (χ3n) is 3.46. The fraction of sp³-hybridized carbons (Fsp3) is 0.267. The Morgan fingerprint density at radius 2 is 1.83 bits per heavy atom. The van der Waals surface area contributed by atoms with Gasteiger partial charge in [-0.15, -0.1) is 0 Å². The van der Waals surface area contributed by atoms with Crippen LogP contribution >= 0.6 is 0 Å². The fourth-order valence-electron chi connectivity index (χ4n) is 2.64. The molecule has 0 unspecified atom stereocenters. The minimum Gasteiger partial charge on any atom is -0.348 e. The zero-order chi connectivity index (χ0) is 12.4. The molecule has 2 N–H and O–H groups in total. The Hall–Kier alpha value is -1.87. The molecule has 0 aliphatic carbocycles. The van der Waals surface area contributed by atoms with Gasteiger partial charge in [-0.1, -0.05) is 36.4 Å².